The van der Waals surface area contributed by atoms with E-state index in [1.54, 1.807) is 24.5 Å². The quantitative estimate of drug-likeness (QED) is 0.709. The summed E-state index contributed by atoms with van der Waals surface area (Å²) in [7, 11) is 0. The van der Waals surface area contributed by atoms with Crippen LogP contribution in [0, 0.1) is 6.92 Å². The Morgan fingerprint density at radius 3 is 2.68 bits per heavy atom. The molecule has 0 aliphatic carbocycles. The van der Waals surface area contributed by atoms with Crippen molar-refractivity contribution in [3.63, 3.8) is 0 Å². The number of hydrogen-bond donors (Lipinski definition) is 0. The SMILES string of the molecule is Cc1nc2cc(Cl)ccn2c1C(=O)N1CCN(c2ccccn2)CC1. The van der Waals surface area contributed by atoms with Crippen LogP contribution in [0.5, 0.6) is 0 Å². The average molecular weight is 356 g/mol. The Morgan fingerprint density at radius 2 is 1.96 bits per heavy atom. The number of rotatable bonds is 2. The van der Waals surface area contributed by atoms with Crippen molar-refractivity contribution in [3.05, 3.63) is 59.1 Å². The highest BCUT2D eigenvalue weighted by Crippen LogP contribution is 2.19. The monoisotopic (exact) mass is 355 g/mol. The molecular formula is C18H18ClN5O. The van der Waals surface area contributed by atoms with Crippen LogP contribution in [0.4, 0.5) is 5.82 Å². The highest BCUT2D eigenvalue weighted by Gasteiger charge is 2.26. The number of fused-ring (bicyclic) bond motifs is 1. The van der Waals surface area contributed by atoms with Crippen LogP contribution in [0.3, 0.4) is 0 Å². The molecule has 3 aromatic heterocycles. The van der Waals surface area contributed by atoms with Crippen LogP contribution in [-0.4, -0.2) is 51.4 Å². The van der Waals surface area contributed by atoms with Crippen molar-refractivity contribution in [2.24, 2.45) is 0 Å². The number of nitrogens with zero attached hydrogens (tertiary/aromatic N) is 5. The van der Waals surface area contributed by atoms with E-state index < -0.39 is 0 Å². The van der Waals surface area contributed by atoms with E-state index in [-0.39, 0.29) is 5.91 Å². The van der Waals surface area contributed by atoms with E-state index in [1.165, 1.54) is 0 Å². The third-order valence-corrected chi connectivity index (χ3v) is 4.74. The van der Waals surface area contributed by atoms with E-state index in [9.17, 15) is 4.79 Å². The van der Waals surface area contributed by atoms with E-state index >= 15 is 0 Å². The lowest BCUT2D eigenvalue weighted by Gasteiger charge is -2.35. The van der Waals surface area contributed by atoms with Gasteiger partial charge in [-0.05, 0) is 25.1 Å². The number of aryl methyl sites for hydroxylation is 1. The molecule has 6 nitrogen and oxygen atoms in total. The maximum atomic E-state index is 13.0. The minimum Gasteiger partial charge on any atom is -0.353 e. The number of amides is 1. The number of imidazole rings is 1. The van der Waals surface area contributed by atoms with E-state index in [4.69, 9.17) is 11.6 Å². The maximum Gasteiger partial charge on any atom is 0.272 e. The van der Waals surface area contributed by atoms with Crippen LogP contribution < -0.4 is 4.90 Å². The molecule has 1 aliphatic rings. The largest absolute Gasteiger partial charge is 0.353 e. The van der Waals surface area contributed by atoms with Gasteiger partial charge in [0.05, 0.1) is 5.69 Å². The van der Waals surface area contributed by atoms with Gasteiger partial charge in [0.15, 0.2) is 0 Å². The molecule has 4 heterocycles. The summed E-state index contributed by atoms with van der Waals surface area (Å²) < 4.78 is 1.81. The molecule has 0 unspecified atom stereocenters. The minimum atomic E-state index is 0.00740. The summed E-state index contributed by atoms with van der Waals surface area (Å²) in [4.78, 5) is 25.9. The molecule has 0 N–H and O–H groups in total. The van der Waals surface area contributed by atoms with Gasteiger partial charge in [-0.3, -0.25) is 9.20 Å². The Labute approximate surface area is 150 Å². The van der Waals surface area contributed by atoms with Gasteiger partial charge in [-0.25, -0.2) is 9.97 Å². The fourth-order valence-corrected chi connectivity index (χ4v) is 3.38. The van der Waals surface area contributed by atoms with Crippen molar-refractivity contribution in [2.75, 3.05) is 31.1 Å². The molecule has 0 radical (unpaired) electrons. The molecule has 1 aliphatic heterocycles. The Balaban J connectivity index is 1.54. The van der Waals surface area contributed by atoms with Crippen LogP contribution in [0.2, 0.25) is 5.02 Å². The maximum absolute atomic E-state index is 13.0. The number of hydrogen-bond acceptors (Lipinski definition) is 4. The van der Waals surface area contributed by atoms with Crippen molar-refractivity contribution in [1.29, 1.82) is 0 Å². The van der Waals surface area contributed by atoms with Crippen molar-refractivity contribution in [1.82, 2.24) is 19.3 Å². The van der Waals surface area contributed by atoms with Gasteiger partial charge in [0, 0.05) is 49.7 Å². The molecule has 1 saturated heterocycles. The highest BCUT2D eigenvalue weighted by molar-refractivity contribution is 6.30. The van der Waals surface area contributed by atoms with E-state index in [0.717, 1.165) is 24.6 Å². The summed E-state index contributed by atoms with van der Waals surface area (Å²) in [5, 5.41) is 0.612. The van der Waals surface area contributed by atoms with E-state index in [1.807, 2.05) is 34.4 Å². The Morgan fingerprint density at radius 1 is 1.16 bits per heavy atom. The van der Waals surface area contributed by atoms with Gasteiger partial charge in [-0.15, -0.1) is 0 Å². The van der Waals surface area contributed by atoms with Crippen LogP contribution in [0.25, 0.3) is 5.65 Å². The summed E-state index contributed by atoms with van der Waals surface area (Å²) in [5.74, 6) is 0.961. The van der Waals surface area contributed by atoms with Gasteiger partial charge in [0.25, 0.3) is 5.91 Å². The van der Waals surface area contributed by atoms with Crippen molar-refractivity contribution >= 4 is 29.0 Å². The lowest BCUT2D eigenvalue weighted by atomic mass is 10.2. The van der Waals surface area contributed by atoms with Gasteiger partial charge in [-0.2, -0.15) is 0 Å². The van der Waals surface area contributed by atoms with Crippen LogP contribution in [-0.2, 0) is 0 Å². The van der Waals surface area contributed by atoms with Gasteiger partial charge >= 0.3 is 0 Å². The number of anilines is 1. The van der Waals surface area contributed by atoms with Crippen molar-refractivity contribution in [3.8, 4) is 0 Å². The number of pyridine rings is 2. The Kier molecular flexibility index (Phi) is 4.05. The minimum absolute atomic E-state index is 0.00740. The van der Waals surface area contributed by atoms with Gasteiger partial charge in [-0.1, -0.05) is 17.7 Å². The third-order valence-electron chi connectivity index (χ3n) is 4.51. The third kappa shape index (κ3) is 2.93. The van der Waals surface area contributed by atoms with E-state index in [0.29, 0.717) is 29.5 Å². The second-order valence-electron chi connectivity index (χ2n) is 6.09. The van der Waals surface area contributed by atoms with Crippen molar-refractivity contribution in [2.45, 2.75) is 6.92 Å². The fraction of sp³-hybridized carbons (Fsp3) is 0.278. The lowest BCUT2D eigenvalue weighted by molar-refractivity contribution is 0.0738. The molecule has 0 spiro atoms. The number of carbonyl (C=O) groups excluding carboxylic acids is 1. The molecule has 4 rings (SSSR count). The number of halogens is 1. The van der Waals surface area contributed by atoms with Crippen LogP contribution >= 0.6 is 11.6 Å². The smallest absolute Gasteiger partial charge is 0.272 e. The lowest BCUT2D eigenvalue weighted by Crippen LogP contribution is -2.49. The first kappa shape index (κ1) is 15.9. The molecule has 0 bridgehead atoms. The second-order valence-corrected chi connectivity index (χ2v) is 6.52. The highest BCUT2D eigenvalue weighted by atomic mass is 35.5. The molecule has 0 saturated carbocycles. The molecule has 25 heavy (non-hydrogen) atoms. The summed E-state index contributed by atoms with van der Waals surface area (Å²) in [5.41, 5.74) is 2.03. The Hall–Kier alpha value is -2.60. The molecule has 1 fully saturated rings. The van der Waals surface area contributed by atoms with Crippen LogP contribution in [0.15, 0.2) is 42.7 Å². The summed E-state index contributed by atoms with van der Waals surface area (Å²) in [6, 6.07) is 9.42. The summed E-state index contributed by atoms with van der Waals surface area (Å²) in [6.45, 7) is 4.72. The summed E-state index contributed by atoms with van der Waals surface area (Å²) in [6.07, 6.45) is 3.59. The first-order valence-corrected chi connectivity index (χ1v) is 8.61. The predicted octanol–water partition coefficient (Wildman–Crippen LogP) is 2.65. The van der Waals surface area contributed by atoms with Crippen molar-refractivity contribution < 1.29 is 4.79 Å². The first-order valence-electron chi connectivity index (χ1n) is 8.23. The number of aromatic nitrogens is 3. The molecule has 0 atom stereocenters. The zero-order valence-electron chi connectivity index (χ0n) is 13.9. The number of carbonyl (C=O) groups is 1. The van der Waals surface area contributed by atoms with Gasteiger partial charge < -0.3 is 9.80 Å². The molecule has 7 heteroatoms. The second kappa shape index (κ2) is 6.37. The molecule has 1 amide bonds. The average Bonchev–Trinajstić information content (AvgIpc) is 2.97. The van der Waals surface area contributed by atoms with Gasteiger partial charge in [0.2, 0.25) is 0 Å². The van der Waals surface area contributed by atoms with Crippen LogP contribution in [0.1, 0.15) is 16.2 Å². The molecule has 3 aromatic rings. The predicted molar refractivity (Wildman–Crippen MR) is 97.3 cm³/mol. The topological polar surface area (TPSA) is 53.7 Å². The molecule has 128 valence electrons. The fourth-order valence-electron chi connectivity index (χ4n) is 3.22. The Bertz CT molecular complexity index is 916. The standard InChI is InChI=1S/C18H18ClN5O/c1-13-17(24-7-5-14(19)12-16(24)21-13)18(25)23-10-8-22(9-11-23)15-4-2-3-6-20-15/h2-7,12H,8-11H2,1H3. The zero-order valence-corrected chi connectivity index (χ0v) is 14.6. The van der Waals surface area contributed by atoms with Gasteiger partial charge in [0.1, 0.15) is 17.2 Å². The zero-order chi connectivity index (χ0) is 17.4. The molecule has 0 aromatic carbocycles. The normalized spacial score (nSPS) is 15.0. The number of piperazine rings is 1. The first-order chi connectivity index (χ1) is 12.1. The molecular weight excluding hydrogens is 338 g/mol. The van der Waals surface area contributed by atoms with E-state index in [2.05, 4.69) is 14.9 Å². The summed E-state index contributed by atoms with van der Waals surface area (Å²) >= 11 is 6.02.